The van der Waals surface area contributed by atoms with E-state index in [1.54, 1.807) is 35.5 Å². The highest BCUT2D eigenvalue weighted by Crippen LogP contribution is 2.39. The molecule has 0 unspecified atom stereocenters. The van der Waals surface area contributed by atoms with Crippen LogP contribution in [0, 0.1) is 0 Å². The van der Waals surface area contributed by atoms with Gasteiger partial charge >= 0.3 is 30.0 Å². The first-order chi connectivity index (χ1) is 28.2. The second kappa shape index (κ2) is 17.8. The molecule has 2 aromatic carbocycles. The minimum absolute atomic E-state index is 0. The van der Waals surface area contributed by atoms with Crippen molar-refractivity contribution in [3.05, 3.63) is 107 Å². The fourth-order valence-electron chi connectivity index (χ4n) is 7.99. The van der Waals surface area contributed by atoms with Crippen molar-refractivity contribution in [2.45, 2.75) is 76.1 Å². The monoisotopic (exact) mass is 840 g/mol. The summed E-state index contributed by atoms with van der Waals surface area (Å²) in [6.45, 7) is 8.20. The SMILES string of the molecule is COC(=O)c1cncc(-c2ccc3c(c2)C(=O)OC2(CCN(C(=O)OC(C)(C)C)CC2)C3)c1.COC(=O)c1cncc(-c2ccc3c(c2)C(=O)OC2(CCNCC2)C3)c1.Cl. The van der Waals surface area contributed by atoms with Crippen LogP contribution in [0.2, 0.25) is 0 Å². The number of hydrogen-bond donors (Lipinski definition) is 1. The third-order valence-corrected chi connectivity index (χ3v) is 11.1. The number of carbonyl (C=O) groups excluding carboxylic acids is 5. The number of methoxy groups -OCH3 is 2. The summed E-state index contributed by atoms with van der Waals surface area (Å²) < 4.78 is 26.7. The van der Waals surface area contributed by atoms with Crippen molar-refractivity contribution >= 4 is 42.4 Å². The number of aromatic nitrogens is 2. The number of carbonyl (C=O) groups is 5. The van der Waals surface area contributed by atoms with Crippen LogP contribution in [0.15, 0.2) is 73.3 Å². The third-order valence-electron chi connectivity index (χ3n) is 11.1. The van der Waals surface area contributed by atoms with Gasteiger partial charge in [0.2, 0.25) is 0 Å². The number of likely N-dealkylation sites (tertiary alicyclic amines) is 1. The van der Waals surface area contributed by atoms with Crippen molar-refractivity contribution in [2.24, 2.45) is 0 Å². The molecule has 4 aliphatic rings. The molecule has 60 heavy (non-hydrogen) atoms. The Hall–Kier alpha value is -5.86. The van der Waals surface area contributed by atoms with Crippen LogP contribution in [0.3, 0.4) is 0 Å². The molecule has 2 saturated heterocycles. The number of rotatable bonds is 4. The van der Waals surface area contributed by atoms with E-state index in [0.717, 1.165) is 60.2 Å². The molecule has 15 heteroatoms. The summed E-state index contributed by atoms with van der Waals surface area (Å²) in [7, 11) is 2.65. The fraction of sp³-hybridized carbons (Fsp3) is 0.400. The molecule has 1 amide bonds. The maximum absolute atomic E-state index is 12.9. The highest BCUT2D eigenvalue weighted by Gasteiger charge is 2.44. The summed E-state index contributed by atoms with van der Waals surface area (Å²) in [5.74, 6) is -1.56. The second-order valence-electron chi connectivity index (χ2n) is 16.4. The lowest BCUT2D eigenvalue weighted by Gasteiger charge is -2.43. The second-order valence-corrected chi connectivity index (χ2v) is 16.4. The van der Waals surface area contributed by atoms with Crippen LogP contribution < -0.4 is 5.32 Å². The van der Waals surface area contributed by atoms with E-state index in [2.05, 4.69) is 15.3 Å². The predicted octanol–water partition coefficient (Wildman–Crippen LogP) is 6.81. The van der Waals surface area contributed by atoms with Gasteiger partial charge in [-0.25, -0.2) is 24.0 Å². The Labute approximate surface area is 354 Å². The number of hydrogen-bond acceptors (Lipinski definition) is 13. The molecule has 2 fully saturated rings. The van der Waals surface area contributed by atoms with Crippen LogP contribution >= 0.6 is 12.4 Å². The molecular formula is C45H49ClN4O10. The molecule has 0 saturated carbocycles. The van der Waals surface area contributed by atoms with E-state index in [9.17, 15) is 24.0 Å². The van der Waals surface area contributed by atoms with Gasteiger partial charge in [-0.15, -0.1) is 12.4 Å². The first kappa shape index (κ1) is 43.7. The molecule has 0 radical (unpaired) electrons. The lowest BCUT2D eigenvalue weighted by atomic mass is 9.81. The largest absolute Gasteiger partial charge is 0.465 e. The summed E-state index contributed by atoms with van der Waals surface area (Å²) in [4.78, 5) is 71.4. The standard InChI is InChI=1S/C25H28N2O6.C20H20N2O4.ClH/c1-24(2,3)33-23(30)27-9-7-25(8-10-27)13-17-6-5-16(12-20(17)22(29)32-25)18-11-19(15-26-14-18)21(28)31-4;1-25-18(23)16-8-15(11-22-12-16)13-2-3-14-10-20(4-6-21-7-5-20)26-19(24)17(14)9-13;/h5-6,11-12,14-15H,7-10,13H2,1-4H3;2-3,8-9,11-12,21H,4-7,10H2,1H3;1H. The molecule has 8 rings (SSSR count). The maximum Gasteiger partial charge on any atom is 0.410 e. The Morgan fingerprint density at radius 2 is 1.12 bits per heavy atom. The van der Waals surface area contributed by atoms with Crippen molar-refractivity contribution in [1.29, 1.82) is 0 Å². The first-order valence-corrected chi connectivity index (χ1v) is 19.7. The Balaban J connectivity index is 0.000000203. The van der Waals surface area contributed by atoms with E-state index in [4.69, 9.17) is 23.7 Å². The summed E-state index contributed by atoms with van der Waals surface area (Å²) in [6, 6.07) is 14.8. The summed E-state index contributed by atoms with van der Waals surface area (Å²) >= 11 is 0. The number of pyridine rings is 2. The third kappa shape index (κ3) is 9.61. The smallest absolute Gasteiger partial charge is 0.410 e. The summed E-state index contributed by atoms with van der Waals surface area (Å²) in [5.41, 5.74) is 5.26. The van der Waals surface area contributed by atoms with Gasteiger partial charge in [0.1, 0.15) is 16.8 Å². The van der Waals surface area contributed by atoms with Gasteiger partial charge in [0, 0.05) is 87.5 Å². The molecule has 0 aliphatic carbocycles. The van der Waals surface area contributed by atoms with Crippen molar-refractivity contribution < 1.29 is 47.7 Å². The number of piperidine rings is 2. The number of fused-ring (bicyclic) bond motifs is 2. The normalized spacial score (nSPS) is 17.3. The average molecular weight is 841 g/mol. The number of benzene rings is 2. The zero-order valence-electron chi connectivity index (χ0n) is 34.3. The van der Waals surface area contributed by atoms with Gasteiger partial charge in [-0.3, -0.25) is 9.97 Å². The van der Waals surface area contributed by atoms with E-state index in [1.165, 1.54) is 26.6 Å². The van der Waals surface area contributed by atoms with Crippen LogP contribution in [0.4, 0.5) is 4.79 Å². The van der Waals surface area contributed by atoms with Gasteiger partial charge in [0.15, 0.2) is 0 Å². The number of esters is 4. The molecular weight excluding hydrogens is 792 g/mol. The Morgan fingerprint density at radius 3 is 1.55 bits per heavy atom. The number of nitrogens with one attached hydrogen (secondary N) is 1. The van der Waals surface area contributed by atoms with Gasteiger partial charge < -0.3 is 33.9 Å². The highest BCUT2D eigenvalue weighted by atomic mass is 35.5. The maximum atomic E-state index is 12.9. The quantitative estimate of drug-likeness (QED) is 0.168. The average Bonchev–Trinajstić information content (AvgIpc) is 3.23. The van der Waals surface area contributed by atoms with E-state index >= 15 is 0 Å². The molecule has 0 atom stereocenters. The van der Waals surface area contributed by atoms with Gasteiger partial charge in [-0.2, -0.15) is 0 Å². The molecule has 4 aliphatic heterocycles. The van der Waals surface area contributed by atoms with Crippen molar-refractivity contribution in [1.82, 2.24) is 20.2 Å². The zero-order chi connectivity index (χ0) is 42.0. The minimum atomic E-state index is -0.615. The molecule has 14 nitrogen and oxygen atoms in total. The molecule has 4 aromatic rings. The van der Waals surface area contributed by atoms with E-state index in [0.29, 0.717) is 60.2 Å². The Morgan fingerprint density at radius 1 is 0.667 bits per heavy atom. The van der Waals surface area contributed by atoms with Crippen LogP contribution in [0.25, 0.3) is 22.3 Å². The topological polar surface area (TPSA) is 173 Å². The Kier molecular flexibility index (Phi) is 13.0. The minimum Gasteiger partial charge on any atom is -0.465 e. The van der Waals surface area contributed by atoms with Gasteiger partial charge in [-0.05, 0) is 80.4 Å². The first-order valence-electron chi connectivity index (χ1n) is 19.7. The van der Waals surface area contributed by atoms with Crippen LogP contribution in [-0.4, -0.2) is 102 Å². The van der Waals surface area contributed by atoms with E-state index in [1.807, 2.05) is 51.1 Å². The molecule has 2 spiro atoms. The number of halogens is 1. The highest BCUT2D eigenvalue weighted by molar-refractivity contribution is 5.96. The molecule has 6 heterocycles. The van der Waals surface area contributed by atoms with E-state index in [-0.39, 0.29) is 36.0 Å². The van der Waals surface area contributed by atoms with Crippen molar-refractivity contribution in [3.8, 4) is 22.3 Å². The molecule has 2 aromatic heterocycles. The lowest BCUT2D eigenvalue weighted by molar-refractivity contribution is -0.0588. The molecule has 316 valence electrons. The summed E-state index contributed by atoms with van der Waals surface area (Å²) in [5, 5.41) is 3.31. The summed E-state index contributed by atoms with van der Waals surface area (Å²) in [6.07, 6.45) is 10.00. The van der Waals surface area contributed by atoms with Crippen LogP contribution in [0.5, 0.6) is 0 Å². The molecule has 0 bridgehead atoms. The number of nitrogens with zero attached hydrogens (tertiary/aromatic N) is 3. The van der Waals surface area contributed by atoms with Crippen LogP contribution in [0.1, 0.15) is 99.0 Å². The van der Waals surface area contributed by atoms with Gasteiger partial charge in [0.05, 0.1) is 36.5 Å². The number of amides is 1. The number of ether oxygens (including phenoxy) is 5. The fourth-order valence-corrected chi connectivity index (χ4v) is 7.99. The molecule has 1 N–H and O–H groups in total. The van der Waals surface area contributed by atoms with Gasteiger partial charge in [-0.1, -0.05) is 24.3 Å². The van der Waals surface area contributed by atoms with Crippen LogP contribution in [-0.2, 0) is 36.5 Å². The lowest BCUT2D eigenvalue weighted by Crippen LogP contribution is -2.52. The van der Waals surface area contributed by atoms with Gasteiger partial charge in [0.25, 0.3) is 0 Å². The Bertz CT molecular complexity index is 2290. The zero-order valence-corrected chi connectivity index (χ0v) is 35.1. The van der Waals surface area contributed by atoms with Crippen molar-refractivity contribution in [3.63, 3.8) is 0 Å². The van der Waals surface area contributed by atoms with Crippen molar-refractivity contribution in [2.75, 3.05) is 40.4 Å². The predicted molar refractivity (Wildman–Crippen MR) is 222 cm³/mol. The van der Waals surface area contributed by atoms with E-state index < -0.39 is 23.1 Å².